The van der Waals surface area contributed by atoms with Gasteiger partial charge in [-0.2, -0.15) is 0 Å². The van der Waals surface area contributed by atoms with E-state index in [1.807, 2.05) is 0 Å². The molecule has 0 spiro atoms. The van der Waals surface area contributed by atoms with Gasteiger partial charge >= 0.3 is 62.2 Å². The number of carbonyl (C=O) groups excluding carboxylic acids is 2. The van der Waals surface area contributed by atoms with Crippen molar-refractivity contribution in [3.63, 3.8) is 0 Å². The molecule has 1 aromatic rings. The molecule has 0 fully saturated rings. The zero-order valence-corrected chi connectivity index (χ0v) is 21.4. The van der Waals surface area contributed by atoms with E-state index >= 15 is 0 Å². The molecule has 103 valence electrons. The van der Waals surface area contributed by atoms with E-state index in [4.69, 9.17) is 9.59 Å². The summed E-state index contributed by atoms with van der Waals surface area (Å²) in [6.07, 6.45) is 0. The average molecular weight is 809 g/mol. The van der Waals surface area contributed by atoms with Crippen LogP contribution < -0.4 is 32.0 Å². The number of ether oxygens (including phenoxy) is 2. The van der Waals surface area contributed by atoms with Crippen molar-refractivity contribution in [2.45, 2.75) is 0 Å². The Balaban J connectivity index is -0.0000000597. The Morgan fingerprint density at radius 2 is 0.900 bits per heavy atom. The Morgan fingerprint density at radius 1 is 0.750 bits per heavy atom. The summed E-state index contributed by atoms with van der Waals surface area (Å²) in [6, 6.07) is 0. The fourth-order valence-electron chi connectivity index (χ4n) is 0.320. The van der Waals surface area contributed by atoms with Gasteiger partial charge in [0.1, 0.15) is 0 Å². The van der Waals surface area contributed by atoms with Crippen molar-refractivity contribution in [3.8, 4) is 0 Å². The van der Waals surface area contributed by atoms with Gasteiger partial charge in [-0.25, -0.2) is 0 Å². The van der Waals surface area contributed by atoms with E-state index in [1.165, 1.54) is 27.2 Å². The molecule has 1 radical (unpaired) electrons. The number of hydrogen-bond acceptors (Lipinski definition) is 7. The summed E-state index contributed by atoms with van der Waals surface area (Å²) in [4.78, 5) is 55.9. The molecule has 1 heterocycles. The molecular weight excluding hydrogens is 803 g/mol. The average Bonchev–Trinajstić information content (AvgIpc) is 2.28. The van der Waals surface area contributed by atoms with E-state index in [0.717, 1.165) is 0 Å². The molecule has 0 amide bonds. The molecule has 0 unspecified atom stereocenters. The van der Waals surface area contributed by atoms with Crippen LogP contribution in [0.15, 0.2) is 14.4 Å². The Labute approximate surface area is 185 Å². The van der Waals surface area contributed by atoms with Crippen LogP contribution in [0, 0.1) is 62.2 Å². The second-order valence-corrected chi connectivity index (χ2v) is 1.76. The minimum absolute atomic E-state index is 0. The second kappa shape index (κ2) is 24.6. The van der Waals surface area contributed by atoms with Crippen LogP contribution in [0.3, 0.4) is 0 Å². The summed E-state index contributed by atoms with van der Waals surface area (Å²) < 4.78 is 7.47. The largest absolute Gasteiger partial charge is 2.00 e. The van der Waals surface area contributed by atoms with Gasteiger partial charge in [-0.05, 0) is 17.1 Å². The molecule has 0 atom stereocenters. The van der Waals surface area contributed by atoms with Crippen LogP contribution in [-0.4, -0.2) is 27.2 Å². The topological polar surface area (TPSA) is 146 Å². The maximum absolute atomic E-state index is 10.0. The second-order valence-electron chi connectivity index (χ2n) is 1.76. The molecule has 0 aliphatic rings. The van der Waals surface area contributed by atoms with Crippen LogP contribution in [0.2, 0.25) is 0 Å². The molecule has 13 heteroatoms. The van der Waals surface area contributed by atoms with Crippen LogP contribution in [0.1, 0.15) is 0 Å². The van der Waals surface area contributed by atoms with Crippen LogP contribution in [0.4, 0.5) is 0 Å². The third-order valence-electron chi connectivity index (χ3n) is 0.741. The van der Waals surface area contributed by atoms with Gasteiger partial charge in [0.05, 0.1) is 0 Å². The zero-order chi connectivity index (χ0) is 13.7. The Morgan fingerprint density at radius 3 is 1.00 bits per heavy atom. The number of aromatic nitrogens is 3. The third-order valence-corrected chi connectivity index (χ3v) is 0.741. The van der Waals surface area contributed by atoms with E-state index < -0.39 is 17.1 Å². The number of nitrogens with zero attached hydrogens (tertiary/aromatic N) is 3. The van der Waals surface area contributed by atoms with Crippen molar-refractivity contribution < 1.29 is 114 Å². The standard InChI is InChI=1S/C3H3N3O3.2C2H3O2.2U.Y/c7-1-4-2(8)6-3(9)5-1;2*1-4-2-3;;;/h(H3,4,5,6,7,8,9);2*1H3;;;/q;2*-1;2*+2;/p-3. The minimum atomic E-state index is -1.08. The molecule has 1 rings (SSSR count). The zero-order valence-electron chi connectivity index (χ0n) is 10.3. The normalized spacial score (nSPS) is 6.30. The van der Waals surface area contributed by atoms with Crippen molar-refractivity contribution in [3.05, 3.63) is 31.5 Å². The van der Waals surface area contributed by atoms with E-state index in [0.29, 0.717) is 0 Å². The molecule has 0 bridgehead atoms. The molecular formula is C7H6N3O7U2Y-. The molecule has 1 aromatic heterocycles. The molecule has 0 aromatic carbocycles. The summed E-state index contributed by atoms with van der Waals surface area (Å²) in [5.74, 6) is 0. The Kier molecular flexibility index (Phi) is 39.9. The van der Waals surface area contributed by atoms with Crippen LogP contribution in [-0.2, 0) is 51.8 Å². The molecule has 0 N–H and O–H groups in total. The fourth-order valence-corrected chi connectivity index (χ4v) is 0.320. The van der Waals surface area contributed by atoms with Crippen molar-refractivity contribution in [1.29, 1.82) is 0 Å². The third kappa shape index (κ3) is 27.0. The Bertz CT molecular complexity index is 400. The summed E-state index contributed by atoms with van der Waals surface area (Å²) in [7, 11) is 2.51. The summed E-state index contributed by atoms with van der Waals surface area (Å²) >= 11 is 0. The fraction of sp³-hybridized carbons (Fsp3) is 0.286. The van der Waals surface area contributed by atoms with Crippen molar-refractivity contribution in [2.75, 3.05) is 14.2 Å². The van der Waals surface area contributed by atoms with Gasteiger partial charge in [-0.15, -0.1) is 0 Å². The number of rotatable bonds is 2. The van der Waals surface area contributed by atoms with E-state index in [9.17, 15) is 14.4 Å². The predicted octanol–water partition coefficient (Wildman–Crippen LogP) is -3.96. The van der Waals surface area contributed by atoms with Crippen LogP contribution >= 0.6 is 0 Å². The first-order valence-corrected chi connectivity index (χ1v) is 3.59. The molecule has 0 saturated heterocycles. The first kappa shape index (κ1) is 32.5. The smallest absolute Gasteiger partial charge is 0.655 e. The predicted molar refractivity (Wildman–Crippen MR) is 50.6 cm³/mol. The van der Waals surface area contributed by atoms with E-state index in [1.54, 1.807) is 0 Å². The maximum atomic E-state index is 10.0. The van der Waals surface area contributed by atoms with Crippen LogP contribution in [0.5, 0.6) is 0 Å². The van der Waals surface area contributed by atoms with Crippen molar-refractivity contribution in [1.82, 2.24) is 15.0 Å². The Hall–Kier alpha value is 0.558. The summed E-state index contributed by atoms with van der Waals surface area (Å²) in [6.45, 7) is 2.36. The molecule has 0 saturated carbocycles. The van der Waals surface area contributed by atoms with Gasteiger partial charge in [-0.1, -0.05) is 12.9 Å². The first-order valence-electron chi connectivity index (χ1n) is 3.59. The van der Waals surface area contributed by atoms with Crippen molar-refractivity contribution >= 4 is 12.9 Å². The summed E-state index contributed by atoms with van der Waals surface area (Å²) in [5.41, 5.74) is -3.25. The number of hydrogen-bond donors (Lipinski definition) is 0. The van der Waals surface area contributed by atoms with Gasteiger partial charge < -0.3 is 48.4 Å². The molecule has 20 heavy (non-hydrogen) atoms. The van der Waals surface area contributed by atoms with E-state index in [-0.39, 0.29) is 94.9 Å². The van der Waals surface area contributed by atoms with E-state index in [2.05, 4.69) is 24.4 Å². The maximum Gasteiger partial charge on any atom is 2.00 e. The molecule has 0 aliphatic heterocycles. The minimum Gasteiger partial charge on any atom is -0.655 e. The van der Waals surface area contributed by atoms with Crippen LogP contribution in [0.25, 0.3) is 0 Å². The monoisotopic (exact) mass is 809 g/mol. The van der Waals surface area contributed by atoms with Gasteiger partial charge in [-0.3, -0.25) is 0 Å². The van der Waals surface area contributed by atoms with Gasteiger partial charge in [0, 0.05) is 46.9 Å². The van der Waals surface area contributed by atoms with Gasteiger partial charge in [0.15, 0.2) is 0 Å². The first-order chi connectivity index (χ1) is 8.01. The van der Waals surface area contributed by atoms with Gasteiger partial charge in [0.25, 0.3) is 0 Å². The quantitative estimate of drug-likeness (QED) is 0.272. The SMILES string of the molecule is CO[C-]=O.CO[C-]=O.O=c1[n-]c(=O)[n-]c(=O)[n-]1.[U+2].[U+2].[Y]. The number of methoxy groups -OCH3 is 2. The summed E-state index contributed by atoms with van der Waals surface area (Å²) in [5, 5.41) is 0. The van der Waals surface area contributed by atoms with Gasteiger partial charge in [0.2, 0.25) is 0 Å². The molecule has 0 aliphatic carbocycles. The molecule has 10 nitrogen and oxygen atoms in total. The van der Waals surface area contributed by atoms with Crippen molar-refractivity contribution in [2.24, 2.45) is 0 Å².